The quantitative estimate of drug-likeness (QED) is 0.686. The van der Waals surface area contributed by atoms with Crippen molar-refractivity contribution in [2.24, 2.45) is 12.0 Å². The Hall–Kier alpha value is -1.90. The lowest BCUT2D eigenvalue weighted by molar-refractivity contribution is 0.618. The molecule has 0 aliphatic rings. The fraction of sp³-hybridized carbons (Fsp3) is 0.154. The van der Waals surface area contributed by atoms with E-state index >= 15 is 0 Å². The Bertz CT molecular complexity index is 526. The highest BCUT2D eigenvalue weighted by atomic mass is 19.1. The van der Waals surface area contributed by atoms with Gasteiger partial charge >= 0.3 is 0 Å². The van der Waals surface area contributed by atoms with E-state index in [2.05, 4.69) is 4.99 Å². The number of rotatable bonds is 2. The van der Waals surface area contributed by atoms with Crippen molar-refractivity contribution < 1.29 is 4.39 Å². The molecule has 1 aromatic carbocycles. The molecule has 2 aromatic rings. The molecule has 0 amide bonds. The van der Waals surface area contributed by atoms with E-state index in [1.165, 1.54) is 6.07 Å². The summed E-state index contributed by atoms with van der Waals surface area (Å²) in [6.07, 6.45) is 3.73. The molecule has 0 saturated heterocycles. The molecule has 16 heavy (non-hydrogen) atoms. The molecule has 0 spiro atoms. The molecule has 0 N–H and O–H groups in total. The molecule has 82 valence electrons. The van der Waals surface area contributed by atoms with Gasteiger partial charge in [0.1, 0.15) is 5.82 Å². The van der Waals surface area contributed by atoms with Gasteiger partial charge in [-0.1, -0.05) is 0 Å². The van der Waals surface area contributed by atoms with E-state index < -0.39 is 0 Å². The van der Waals surface area contributed by atoms with Crippen LogP contribution in [0.25, 0.3) is 0 Å². The Morgan fingerprint density at radius 1 is 1.31 bits per heavy atom. The summed E-state index contributed by atoms with van der Waals surface area (Å²) in [5.41, 5.74) is 2.39. The molecule has 0 bridgehead atoms. The van der Waals surface area contributed by atoms with Crippen molar-refractivity contribution in [2.45, 2.75) is 6.92 Å². The number of benzene rings is 1. The van der Waals surface area contributed by atoms with Crippen molar-refractivity contribution >= 4 is 11.9 Å². The highest BCUT2D eigenvalue weighted by Gasteiger charge is 1.97. The minimum atomic E-state index is -0.196. The van der Waals surface area contributed by atoms with Crippen LogP contribution in [0.3, 0.4) is 0 Å². The van der Waals surface area contributed by atoms with Gasteiger partial charge in [-0.15, -0.1) is 0 Å². The van der Waals surface area contributed by atoms with Crippen LogP contribution >= 0.6 is 0 Å². The Morgan fingerprint density at radius 2 is 2.12 bits per heavy atom. The van der Waals surface area contributed by atoms with Gasteiger partial charge in [0, 0.05) is 13.2 Å². The van der Waals surface area contributed by atoms with Crippen molar-refractivity contribution in [3.63, 3.8) is 0 Å². The van der Waals surface area contributed by atoms with Crippen LogP contribution in [0.5, 0.6) is 0 Å². The number of aromatic nitrogens is 1. The first-order chi connectivity index (χ1) is 7.66. The summed E-state index contributed by atoms with van der Waals surface area (Å²) < 4.78 is 15.0. The summed E-state index contributed by atoms with van der Waals surface area (Å²) in [6.45, 7) is 1.73. The van der Waals surface area contributed by atoms with Gasteiger partial charge in [0.05, 0.1) is 17.6 Å². The van der Waals surface area contributed by atoms with Crippen LogP contribution in [0.15, 0.2) is 41.5 Å². The molecule has 0 aliphatic heterocycles. The van der Waals surface area contributed by atoms with E-state index in [1.807, 2.05) is 29.9 Å². The first-order valence-electron chi connectivity index (χ1n) is 5.08. The topological polar surface area (TPSA) is 17.3 Å². The maximum Gasteiger partial charge on any atom is 0.126 e. The van der Waals surface area contributed by atoms with Gasteiger partial charge < -0.3 is 4.57 Å². The standard InChI is InChI=1S/C13H13FN2/c1-10-8-11(5-6-13(10)14)15-9-12-4-3-7-16(12)2/h3-9H,1-2H3. The van der Waals surface area contributed by atoms with Gasteiger partial charge in [-0.3, -0.25) is 4.99 Å². The summed E-state index contributed by atoms with van der Waals surface area (Å²) in [4.78, 5) is 4.30. The zero-order valence-corrected chi connectivity index (χ0v) is 9.31. The number of halogens is 1. The van der Waals surface area contributed by atoms with E-state index in [0.29, 0.717) is 5.56 Å². The molecule has 0 radical (unpaired) electrons. The number of hydrogen-bond donors (Lipinski definition) is 0. The van der Waals surface area contributed by atoms with Crippen molar-refractivity contribution in [3.8, 4) is 0 Å². The summed E-state index contributed by atoms with van der Waals surface area (Å²) in [5, 5.41) is 0. The minimum absolute atomic E-state index is 0.196. The molecular formula is C13H13FN2. The maximum atomic E-state index is 13.0. The molecule has 3 heteroatoms. The molecule has 1 aromatic heterocycles. The summed E-state index contributed by atoms with van der Waals surface area (Å²) in [5.74, 6) is -0.196. The first kappa shape index (κ1) is 10.6. The molecule has 2 rings (SSSR count). The molecule has 1 heterocycles. The minimum Gasteiger partial charge on any atom is -0.350 e. The van der Waals surface area contributed by atoms with Crippen LogP contribution < -0.4 is 0 Å². The second-order valence-corrected chi connectivity index (χ2v) is 3.74. The van der Waals surface area contributed by atoms with Gasteiger partial charge in [0.25, 0.3) is 0 Å². The monoisotopic (exact) mass is 216 g/mol. The Labute approximate surface area is 94.1 Å². The summed E-state index contributed by atoms with van der Waals surface area (Å²) in [7, 11) is 1.96. The zero-order chi connectivity index (χ0) is 11.5. The average Bonchev–Trinajstić information content (AvgIpc) is 2.66. The second-order valence-electron chi connectivity index (χ2n) is 3.74. The second kappa shape index (κ2) is 4.31. The van der Waals surface area contributed by atoms with Gasteiger partial charge in [-0.25, -0.2) is 4.39 Å². The number of nitrogens with zero attached hydrogens (tertiary/aromatic N) is 2. The normalized spacial score (nSPS) is 11.2. The largest absolute Gasteiger partial charge is 0.350 e. The van der Waals surface area contributed by atoms with Crippen LogP contribution in [-0.2, 0) is 7.05 Å². The van der Waals surface area contributed by atoms with Gasteiger partial charge in [0.15, 0.2) is 0 Å². The lowest BCUT2D eigenvalue weighted by Crippen LogP contribution is -1.92. The predicted octanol–water partition coefficient (Wildman–Crippen LogP) is 3.22. The molecular weight excluding hydrogens is 203 g/mol. The van der Waals surface area contributed by atoms with E-state index in [-0.39, 0.29) is 5.82 Å². The Morgan fingerprint density at radius 3 is 2.75 bits per heavy atom. The fourth-order valence-corrected chi connectivity index (χ4v) is 1.46. The molecule has 0 aliphatic carbocycles. The first-order valence-corrected chi connectivity index (χ1v) is 5.08. The highest BCUT2D eigenvalue weighted by molar-refractivity contribution is 5.80. The number of aryl methyl sites for hydroxylation is 2. The van der Waals surface area contributed by atoms with Crippen LogP contribution in [0.4, 0.5) is 10.1 Å². The third-order valence-corrected chi connectivity index (χ3v) is 2.47. The Kier molecular flexibility index (Phi) is 2.86. The molecule has 0 fully saturated rings. The average molecular weight is 216 g/mol. The van der Waals surface area contributed by atoms with Crippen LogP contribution in [0, 0.1) is 12.7 Å². The lowest BCUT2D eigenvalue weighted by atomic mass is 10.2. The summed E-state index contributed by atoms with van der Waals surface area (Å²) in [6, 6.07) is 8.76. The molecule has 2 nitrogen and oxygen atoms in total. The predicted molar refractivity (Wildman–Crippen MR) is 63.8 cm³/mol. The molecule has 0 atom stereocenters. The smallest absolute Gasteiger partial charge is 0.126 e. The van der Waals surface area contributed by atoms with E-state index in [1.54, 1.807) is 25.3 Å². The Balaban J connectivity index is 2.24. The number of hydrogen-bond acceptors (Lipinski definition) is 1. The van der Waals surface area contributed by atoms with E-state index in [9.17, 15) is 4.39 Å². The van der Waals surface area contributed by atoms with Gasteiger partial charge in [-0.2, -0.15) is 0 Å². The van der Waals surface area contributed by atoms with Crippen molar-refractivity contribution in [1.29, 1.82) is 0 Å². The third kappa shape index (κ3) is 2.19. The SMILES string of the molecule is Cc1cc(N=Cc2cccn2C)ccc1F. The summed E-state index contributed by atoms with van der Waals surface area (Å²) >= 11 is 0. The van der Waals surface area contributed by atoms with Crippen molar-refractivity contribution in [3.05, 3.63) is 53.6 Å². The van der Waals surface area contributed by atoms with Crippen LogP contribution in [-0.4, -0.2) is 10.8 Å². The molecule has 0 unspecified atom stereocenters. The third-order valence-electron chi connectivity index (χ3n) is 2.47. The maximum absolute atomic E-state index is 13.0. The molecule has 0 saturated carbocycles. The van der Waals surface area contributed by atoms with Gasteiger partial charge in [0.2, 0.25) is 0 Å². The number of aliphatic imine (C=N–C) groups is 1. The lowest BCUT2D eigenvalue weighted by Gasteiger charge is -1.98. The van der Waals surface area contributed by atoms with Crippen molar-refractivity contribution in [1.82, 2.24) is 4.57 Å². The van der Waals surface area contributed by atoms with Crippen LogP contribution in [0.2, 0.25) is 0 Å². The van der Waals surface area contributed by atoms with E-state index in [4.69, 9.17) is 0 Å². The zero-order valence-electron chi connectivity index (χ0n) is 9.31. The van der Waals surface area contributed by atoms with Crippen LogP contribution in [0.1, 0.15) is 11.3 Å². The van der Waals surface area contributed by atoms with Gasteiger partial charge in [-0.05, 0) is 42.8 Å². The fourth-order valence-electron chi connectivity index (χ4n) is 1.46. The highest BCUT2D eigenvalue weighted by Crippen LogP contribution is 2.16. The van der Waals surface area contributed by atoms with E-state index in [0.717, 1.165) is 11.4 Å². The van der Waals surface area contributed by atoms with Crippen molar-refractivity contribution in [2.75, 3.05) is 0 Å².